The summed E-state index contributed by atoms with van der Waals surface area (Å²) in [6.45, 7) is 27.1. The molecule has 0 atom stereocenters. The fourth-order valence-corrected chi connectivity index (χ4v) is 5.31. The summed E-state index contributed by atoms with van der Waals surface area (Å²) in [5.41, 5.74) is 0.0515. The average Bonchev–Trinajstić information content (AvgIpc) is 2.67. The zero-order valence-electron chi connectivity index (χ0n) is 22.0. The van der Waals surface area contributed by atoms with Crippen molar-refractivity contribution in [2.24, 2.45) is 0 Å². The monoisotopic (exact) mass is 443 g/mol. The van der Waals surface area contributed by atoms with Crippen LogP contribution in [0.4, 0.5) is 0 Å². The zero-order chi connectivity index (χ0) is 22.7. The van der Waals surface area contributed by atoms with Crippen molar-refractivity contribution in [3.05, 3.63) is 0 Å². The lowest BCUT2D eigenvalue weighted by Crippen LogP contribution is -2.34. The Morgan fingerprint density at radius 2 is 0.867 bits per heavy atom. The molecule has 30 heavy (non-hydrogen) atoms. The number of nitrogens with zero attached hydrogens (tertiary/aromatic N) is 3. The van der Waals surface area contributed by atoms with Crippen LogP contribution in [0.15, 0.2) is 0 Å². The van der Waals surface area contributed by atoms with Gasteiger partial charge in [-0.25, -0.2) is 0 Å². The van der Waals surface area contributed by atoms with Crippen molar-refractivity contribution in [1.82, 2.24) is 14.7 Å². The lowest BCUT2D eigenvalue weighted by molar-refractivity contribution is 0.137. The molecule has 0 aromatic rings. The molecule has 0 spiro atoms. The average molecular weight is 444 g/mol. The van der Waals surface area contributed by atoms with E-state index in [9.17, 15) is 0 Å². The molecule has 5 heteroatoms. The van der Waals surface area contributed by atoms with Crippen LogP contribution < -0.4 is 0 Å². The van der Waals surface area contributed by atoms with Crippen LogP contribution in [0.25, 0.3) is 0 Å². The van der Waals surface area contributed by atoms with Crippen molar-refractivity contribution >= 4 is 9.76 Å². The summed E-state index contributed by atoms with van der Waals surface area (Å²) in [5.74, 6) is 0. The lowest BCUT2D eigenvalue weighted by Gasteiger charge is -2.27. The molecule has 0 saturated carbocycles. The van der Waals surface area contributed by atoms with Gasteiger partial charge in [0.25, 0.3) is 0 Å². The highest BCUT2D eigenvalue weighted by Gasteiger charge is 2.11. The van der Waals surface area contributed by atoms with Crippen LogP contribution in [0.2, 0.25) is 6.04 Å². The van der Waals surface area contributed by atoms with Crippen molar-refractivity contribution in [3.63, 3.8) is 0 Å². The van der Waals surface area contributed by atoms with E-state index in [-0.39, 0.29) is 15.4 Å². The summed E-state index contributed by atoms with van der Waals surface area (Å²) in [6, 6.07) is 1.31. The lowest BCUT2D eigenvalue weighted by atomic mass is 10.2. The van der Waals surface area contributed by atoms with Gasteiger partial charge < -0.3 is 19.1 Å². The fourth-order valence-electron chi connectivity index (χ4n) is 4.12. The van der Waals surface area contributed by atoms with Gasteiger partial charge >= 0.3 is 0 Å². The molecule has 0 aromatic carbocycles. The molecule has 0 heterocycles. The van der Waals surface area contributed by atoms with Gasteiger partial charge in [-0.3, -0.25) is 0 Å². The normalized spacial score (nSPS) is 13.0. The molecule has 0 aliphatic heterocycles. The Bertz CT molecular complexity index is 329. The maximum Gasteiger partial charge on any atom is 0.162 e. The first-order chi connectivity index (χ1) is 14.4. The SMILES string of the molecule is CCCN(CCC)CCCN(CCC[SiH2]OC(C)(C)C)CCCN(CCC)CCC. The van der Waals surface area contributed by atoms with E-state index < -0.39 is 0 Å². The molecule has 0 aromatic heterocycles. The van der Waals surface area contributed by atoms with Crippen molar-refractivity contribution in [1.29, 1.82) is 0 Å². The summed E-state index contributed by atoms with van der Waals surface area (Å²) in [7, 11) is -0.371. The van der Waals surface area contributed by atoms with Crippen LogP contribution in [0.5, 0.6) is 0 Å². The Kier molecular flexibility index (Phi) is 19.8. The van der Waals surface area contributed by atoms with E-state index in [0.717, 1.165) is 0 Å². The zero-order valence-corrected chi connectivity index (χ0v) is 23.4. The van der Waals surface area contributed by atoms with E-state index in [1.54, 1.807) is 0 Å². The largest absolute Gasteiger partial charge is 0.419 e. The van der Waals surface area contributed by atoms with Crippen LogP contribution in [0.3, 0.4) is 0 Å². The molecule has 0 saturated heterocycles. The maximum absolute atomic E-state index is 6.05. The second-order valence-corrected chi connectivity index (χ2v) is 11.3. The number of hydrogen-bond acceptors (Lipinski definition) is 4. The van der Waals surface area contributed by atoms with E-state index >= 15 is 0 Å². The van der Waals surface area contributed by atoms with Gasteiger partial charge in [0.2, 0.25) is 0 Å². The predicted molar refractivity (Wildman–Crippen MR) is 139 cm³/mol. The Hall–Kier alpha value is 0.0569. The highest BCUT2D eigenvalue weighted by molar-refractivity contribution is 6.27. The van der Waals surface area contributed by atoms with Gasteiger partial charge in [-0.1, -0.05) is 27.7 Å². The van der Waals surface area contributed by atoms with Gasteiger partial charge in [0.1, 0.15) is 0 Å². The molecule has 0 unspecified atom stereocenters. The molecule has 0 fully saturated rings. The van der Waals surface area contributed by atoms with Crippen LogP contribution in [0.1, 0.15) is 93.4 Å². The molecule has 0 aliphatic carbocycles. The van der Waals surface area contributed by atoms with E-state index in [0.29, 0.717) is 0 Å². The third-order valence-electron chi connectivity index (χ3n) is 5.46. The minimum absolute atomic E-state index is 0.0515. The Morgan fingerprint density at radius 3 is 1.20 bits per heavy atom. The molecule has 0 aliphatic rings. The van der Waals surface area contributed by atoms with E-state index in [1.165, 1.54) is 110 Å². The van der Waals surface area contributed by atoms with Gasteiger partial charge in [0, 0.05) is 5.60 Å². The maximum atomic E-state index is 6.05. The van der Waals surface area contributed by atoms with E-state index in [1.807, 2.05) is 0 Å². The molecule has 0 rings (SSSR count). The van der Waals surface area contributed by atoms with Crippen molar-refractivity contribution < 1.29 is 4.43 Å². The first-order valence-corrected chi connectivity index (χ1v) is 14.7. The summed E-state index contributed by atoms with van der Waals surface area (Å²) in [4.78, 5) is 8.07. The quantitative estimate of drug-likeness (QED) is 0.183. The fraction of sp³-hybridized carbons (Fsp3) is 1.00. The first kappa shape index (κ1) is 30.1. The van der Waals surface area contributed by atoms with E-state index in [4.69, 9.17) is 4.43 Å². The summed E-state index contributed by atoms with van der Waals surface area (Å²) >= 11 is 0. The molecule has 0 amide bonds. The molecule has 182 valence electrons. The van der Waals surface area contributed by atoms with Gasteiger partial charge in [-0.05, 0) is 131 Å². The molecule has 0 N–H and O–H groups in total. The Labute approximate surface area is 193 Å². The Balaban J connectivity index is 4.41. The second kappa shape index (κ2) is 19.7. The van der Waals surface area contributed by atoms with Crippen LogP contribution in [-0.4, -0.2) is 89.0 Å². The van der Waals surface area contributed by atoms with Crippen LogP contribution >= 0.6 is 0 Å². The number of rotatable bonds is 21. The molecular formula is C25H57N3OSi. The van der Waals surface area contributed by atoms with Crippen molar-refractivity contribution in [2.45, 2.75) is 105 Å². The van der Waals surface area contributed by atoms with Gasteiger partial charge in [0.05, 0.1) is 0 Å². The molecule has 0 radical (unpaired) electrons. The van der Waals surface area contributed by atoms with Gasteiger partial charge in [-0.15, -0.1) is 0 Å². The van der Waals surface area contributed by atoms with Gasteiger partial charge in [0.15, 0.2) is 9.76 Å². The second-order valence-electron chi connectivity index (χ2n) is 9.90. The highest BCUT2D eigenvalue weighted by Crippen LogP contribution is 2.08. The van der Waals surface area contributed by atoms with E-state index in [2.05, 4.69) is 63.2 Å². The third-order valence-corrected chi connectivity index (χ3v) is 7.32. The van der Waals surface area contributed by atoms with Crippen molar-refractivity contribution in [2.75, 3.05) is 58.9 Å². The minimum atomic E-state index is -0.371. The summed E-state index contributed by atoms with van der Waals surface area (Å²) in [6.07, 6.45) is 9.01. The predicted octanol–water partition coefficient (Wildman–Crippen LogP) is 5.02. The number of hydrogen-bond donors (Lipinski definition) is 0. The highest BCUT2D eigenvalue weighted by atomic mass is 28.2. The van der Waals surface area contributed by atoms with Gasteiger partial charge in [-0.2, -0.15) is 0 Å². The topological polar surface area (TPSA) is 19.0 Å². The standard InChI is InChI=1S/C25H57N3OSi/c1-8-15-26(16-9-2)19-12-21-28(23-14-24-30-29-25(5,6)7)22-13-20-27(17-10-3)18-11-4/h8-24,30H2,1-7H3. The Morgan fingerprint density at radius 1 is 0.533 bits per heavy atom. The molecule has 0 bridgehead atoms. The molecule has 4 nitrogen and oxygen atoms in total. The van der Waals surface area contributed by atoms with Crippen LogP contribution in [-0.2, 0) is 4.43 Å². The molecular weight excluding hydrogens is 386 g/mol. The summed E-state index contributed by atoms with van der Waals surface area (Å²) in [5, 5.41) is 0. The minimum Gasteiger partial charge on any atom is -0.419 e. The van der Waals surface area contributed by atoms with Crippen LogP contribution in [0, 0.1) is 0 Å². The summed E-state index contributed by atoms with van der Waals surface area (Å²) < 4.78 is 6.05. The van der Waals surface area contributed by atoms with Crippen molar-refractivity contribution in [3.8, 4) is 0 Å². The first-order valence-electron chi connectivity index (χ1n) is 13.2. The smallest absolute Gasteiger partial charge is 0.162 e. The third kappa shape index (κ3) is 18.8.